The van der Waals surface area contributed by atoms with Crippen LogP contribution >= 0.6 is 23.4 Å². The minimum absolute atomic E-state index is 0.0644. The zero-order valence-electron chi connectivity index (χ0n) is 11.2. The molecule has 1 atom stereocenters. The molecule has 1 N–H and O–H groups in total. The van der Waals surface area contributed by atoms with Crippen molar-refractivity contribution in [2.24, 2.45) is 0 Å². The second-order valence-corrected chi connectivity index (χ2v) is 6.30. The van der Waals surface area contributed by atoms with Crippen molar-refractivity contribution < 1.29 is 4.79 Å². The maximum absolute atomic E-state index is 12.1. The molecule has 104 valence electrons. The first-order chi connectivity index (χ1) is 9.20. The van der Waals surface area contributed by atoms with Crippen LogP contribution in [0.5, 0.6) is 0 Å². The molecule has 0 radical (unpaired) electrons. The molecule has 4 heteroatoms. The summed E-state index contributed by atoms with van der Waals surface area (Å²) in [6, 6.07) is 8.19. The Morgan fingerprint density at radius 2 is 1.89 bits per heavy atom. The molecule has 2 nitrogen and oxygen atoms in total. The lowest BCUT2D eigenvalue weighted by Crippen LogP contribution is -2.38. The van der Waals surface area contributed by atoms with Crippen molar-refractivity contribution in [3.8, 4) is 0 Å². The second-order valence-electron chi connectivity index (χ2n) is 4.98. The van der Waals surface area contributed by atoms with E-state index in [1.807, 2.05) is 30.5 Å². The fourth-order valence-corrected chi connectivity index (χ4v) is 3.06. The van der Waals surface area contributed by atoms with Crippen molar-refractivity contribution in [3.63, 3.8) is 0 Å². The predicted molar refractivity (Wildman–Crippen MR) is 81.8 cm³/mol. The van der Waals surface area contributed by atoms with Crippen molar-refractivity contribution in [1.29, 1.82) is 0 Å². The van der Waals surface area contributed by atoms with E-state index in [1.54, 1.807) is 11.8 Å². The number of rotatable bonds is 4. The lowest BCUT2D eigenvalue weighted by Gasteiger charge is -2.24. The molecule has 0 heterocycles. The fourth-order valence-electron chi connectivity index (χ4n) is 2.45. The van der Waals surface area contributed by atoms with Crippen molar-refractivity contribution in [2.75, 3.05) is 6.26 Å². The van der Waals surface area contributed by atoms with Crippen molar-refractivity contribution in [1.82, 2.24) is 5.32 Å². The van der Waals surface area contributed by atoms with Crippen LogP contribution < -0.4 is 5.32 Å². The van der Waals surface area contributed by atoms with Gasteiger partial charge in [-0.1, -0.05) is 31.4 Å². The zero-order valence-corrected chi connectivity index (χ0v) is 12.8. The Balaban J connectivity index is 1.93. The van der Waals surface area contributed by atoms with Gasteiger partial charge in [-0.25, -0.2) is 0 Å². The van der Waals surface area contributed by atoms with E-state index < -0.39 is 5.38 Å². The SMILES string of the molecule is CSc1ccc(C(Cl)C(=O)NC2CCCCC2)cc1. The zero-order chi connectivity index (χ0) is 13.7. The number of benzene rings is 1. The van der Waals surface area contributed by atoms with Crippen LogP contribution in [0.3, 0.4) is 0 Å². The summed E-state index contributed by atoms with van der Waals surface area (Å²) < 4.78 is 0. The topological polar surface area (TPSA) is 29.1 Å². The Hall–Kier alpha value is -0.670. The minimum Gasteiger partial charge on any atom is -0.352 e. The van der Waals surface area contributed by atoms with Gasteiger partial charge in [0, 0.05) is 10.9 Å². The molecule has 1 aromatic carbocycles. The van der Waals surface area contributed by atoms with Gasteiger partial charge in [0.1, 0.15) is 5.38 Å². The van der Waals surface area contributed by atoms with Gasteiger partial charge in [0.2, 0.25) is 5.91 Å². The predicted octanol–water partition coefficient (Wildman–Crippen LogP) is 4.14. The number of carbonyl (C=O) groups is 1. The highest BCUT2D eigenvalue weighted by atomic mass is 35.5. The summed E-state index contributed by atoms with van der Waals surface area (Å²) in [4.78, 5) is 13.3. The Kier molecular flexibility index (Phi) is 5.59. The average molecular weight is 298 g/mol. The molecule has 0 saturated heterocycles. The van der Waals surface area contributed by atoms with Crippen LogP contribution in [0, 0.1) is 0 Å². The lowest BCUT2D eigenvalue weighted by atomic mass is 9.95. The molecule has 1 amide bonds. The first-order valence-electron chi connectivity index (χ1n) is 6.79. The van der Waals surface area contributed by atoms with Crippen LogP contribution in [-0.2, 0) is 4.79 Å². The van der Waals surface area contributed by atoms with Crippen molar-refractivity contribution in [3.05, 3.63) is 29.8 Å². The van der Waals surface area contributed by atoms with Gasteiger partial charge in [-0.3, -0.25) is 4.79 Å². The first-order valence-corrected chi connectivity index (χ1v) is 8.45. The summed E-state index contributed by atoms with van der Waals surface area (Å²) in [5.74, 6) is -0.0644. The maximum atomic E-state index is 12.1. The molecule has 0 aliphatic heterocycles. The van der Waals surface area contributed by atoms with Gasteiger partial charge in [-0.2, -0.15) is 0 Å². The molecule has 1 fully saturated rings. The third-order valence-corrected chi connectivity index (χ3v) is 4.78. The molecular formula is C15H20ClNOS. The Morgan fingerprint density at radius 3 is 2.47 bits per heavy atom. The number of alkyl halides is 1. The number of nitrogens with one attached hydrogen (secondary N) is 1. The number of amides is 1. The summed E-state index contributed by atoms with van der Waals surface area (Å²) >= 11 is 7.94. The standard InChI is InChI=1S/C15H20ClNOS/c1-19-13-9-7-11(8-10-13)14(16)15(18)17-12-5-3-2-4-6-12/h7-10,12,14H,2-6H2,1H3,(H,17,18). The summed E-state index contributed by atoms with van der Waals surface area (Å²) in [6.07, 6.45) is 7.90. The van der Waals surface area contributed by atoms with Crippen molar-refractivity contribution >= 4 is 29.3 Å². The highest BCUT2D eigenvalue weighted by Gasteiger charge is 2.22. The Morgan fingerprint density at radius 1 is 1.26 bits per heavy atom. The quantitative estimate of drug-likeness (QED) is 0.668. The summed E-state index contributed by atoms with van der Waals surface area (Å²) in [5.41, 5.74) is 0.868. The van der Waals surface area contributed by atoms with Gasteiger partial charge >= 0.3 is 0 Å². The van der Waals surface area contributed by atoms with Gasteiger partial charge in [-0.05, 0) is 36.8 Å². The molecule has 1 aliphatic rings. The largest absolute Gasteiger partial charge is 0.352 e. The summed E-state index contributed by atoms with van der Waals surface area (Å²) in [7, 11) is 0. The van der Waals surface area contributed by atoms with E-state index in [4.69, 9.17) is 11.6 Å². The molecular weight excluding hydrogens is 278 g/mol. The van der Waals surface area contributed by atoms with Crippen LogP contribution in [0.15, 0.2) is 29.2 Å². The molecule has 1 saturated carbocycles. The summed E-state index contributed by atoms with van der Waals surface area (Å²) in [6.45, 7) is 0. The van der Waals surface area contributed by atoms with Crippen LogP contribution in [-0.4, -0.2) is 18.2 Å². The molecule has 1 unspecified atom stereocenters. The van der Waals surface area contributed by atoms with E-state index in [0.717, 1.165) is 18.4 Å². The van der Waals surface area contributed by atoms with Crippen LogP contribution in [0.2, 0.25) is 0 Å². The minimum atomic E-state index is -0.585. The number of hydrogen-bond donors (Lipinski definition) is 1. The third-order valence-electron chi connectivity index (χ3n) is 3.59. The monoisotopic (exact) mass is 297 g/mol. The van der Waals surface area contributed by atoms with Crippen molar-refractivity contribution in [2.45, 2.75) is 48.4 Å². The van der Waals surface area contributed by atoms with Gasteiger partial charge in [0.25, 0.3) is 0 Å². The van der Waals surface area contributed by atoms with Gasteiger partial charge < -0.3 is 5.32 Å². The van der Waals surface area contributed by atoms with Crippen LogP contribution in [0.25, 0.3) is 0 Å². The number of hydrogen-bond acceptors (Lipinski definition) is 2. The number of thioether (sulfide) groups is 1. The highest BCUT2D eigenvalue weighted by Crippen LogP contribution is 2.25. The fraction of sp³-hybridized carbons (Fsp3) is 0.533. The lowest BCUT2D eigenvalue weighted by molar-refractivity contribution is -0.121. The van der Waals surface area contributed by atoms with E-state index in [2.05, 4.69) is 5.32 Å². The van der Waals surface area contributed by atoms with E-state index in [9.17, 15) is 4.79 Å². The molecule has 1 aromatic rings. The number of carbonyl (C=O) groups excluding carboxylic acids is 1. The Bertz CT molecular complexity index is 415. The van der Waals surface area contributed by atoms with Crippen LogP contribution in [0.4, 0.5) is 0 Å². The van der Waals surface area contributed by atoms with E-state index in [1.165, 1.54) is 24.2 Å². The van der Waals surface area contributed by atoms with Gasteiger partial charge in [0.15, 0.2) is 0 Å². The molecule has 19 heavy (non-hydrogen) atoms. The maximum Gasteiger partial charge on any atom is 0.242 e. The molecule has 2 rings (SSSR count). The highest BCUT2D eigenvalue weighted by molar-refractivity contribution is 7.98. The first kappa shape index (κ1) is 14.7. The number of halogens is 1. The van der Waals surface area contributed by atoms with E-state index >= 15 is 0 Å². The van der Waals surface area contributed by atoms with E-state index in [0.29, 0.717) is 6.04 Å². The molecule has 0 aromatic heterocycles. The van der Waals surface area contributed by atoms with E-state index in [-0.39, 0.29) is 5.91 Å². The van der Waals surface area contributed by atoms with Crippen LogP contribution in [0.1, 0.15) is 43.0 Å². The Labute approximate surface area is 124 Å². The summed E-state index contributed by atoms with van der Waals surface area (Å²) in [5, 5.41) is 2.48. The molecule has 1 aliphatic carbocycles. The average Bonchev–Trinajstić information content (AvgIpc) is 2.47. The van der Waals surface area contributed by atoms with Gasteiger partial charge in [0.05, 0.1) is 0 Å². The second kappa shape index (κ2) is 7.20. The normalized spacial score (nSPS) is 18.0. The third kappa shape index (κ3) is 4.15. The molecule has 0 spiro atoms. The smallest absolute Gasteiger partial charge is 0.242 e. The van der Waals surface area contributed by atoms with Gasteiger partial charge in [-0.15, -0.1) is 23.4 Å². The molecule has 0 bridgehead atoms.